The number of amides is 1. The molecule has 20 heteroatoms. The minimum Gasteiger partial charge on any atom is -0.431 e. The Morgan fingerprint density at radius 3 is 2.50 bits per heavy atom. The third kappa shape index (κ3) is 8.71. The zero-order chi connectivity index (χ0) is 37.0. The molecule has 6 rings (SSSR count). The molecule has 4 heterocycles. The Kier molecular flexibility index (Phi) is 11.4. The second-order valence-corrected chi connectivity index (χ2v) is 14.5. The summed E-state index contributed by atoms with van der Waals surface area (Å²) in [5.74, 6) is -2.68. The summed E-state index contributed by atoms with van der Waals surface area (Å²) in [7, 11) is -3.36. The van der Waals surface area contributed by atoms with Crippen LogP contribution in [0.15, 0.2) is 30.6 Å². The van der Waals surface area contributed by atoms with Crippen molar-refractivity contribution in [1.29, 1.82) is 0 Å². The number of nitrogen functional groups attached to an aromatic ring is 1. The van der Waals surface area contributed by atoms with E-state index in [-0.39, 0.29) is 40.8 Å². The first kappa shape index (κ1) is 37.2. The number of rotatable bonds is 12. The summed E-state index contributed by atoms with van der Waals surface area (Å²) in [4.78, 5) is 51.4. The largest absolute Gasteiger partial charge is 0.573 e. The van der Waals surface area contributed by atoms with Gasteiger partial charge in [0.05, 0.1) is 6.20 Å². The quantitative estimate of drug-likeness (QED) is 0.151. The highest BCUT2D eigenvalue weighted by Gasteiger charge is 2.45. The summed E-state index contributed by atoms with van der Waals surface area (Å²) >= 11 is 1.11. The topological polar surface area (TPSA) is 184 Å². The van der Waals surface area contributed by atoms with E-state index < -0.39 is 66.3 Å². The van der Waals surface area contributed by atoms with Crippen molar-refractivity contribution in [2.24, 2.45) is 0 Å². The van der Waals surface area contributed by atoms with Crippen LogP contribution < -0.4 is 19.7 Å². The minimum absolute atomic E-state index is 0.0566. The number of anilines is 3. The Morgan fingerprint density at radius 1 is 1.04 bits per heavy atom. The lowest BCUT2D eigenvalue weighted by Crippen LogP contribution is -2.48. The molecule has 0 radical (unpaired) electrons. The highest BCUT2D eigenvalue weighted by atomic mass is 32.2. The number of esters is 1. The van der Waals surface area contributed by atoms with Crippen LogP contribution in [0.25, 0.3) is 10.8 Å². The molecule has 1 saturated carbocycles. The highest BCUT2D eigenvalue weighted by molar-refractivity contribution is 7.74. The van der Waals surface area contributed by atoms with Gasteiger partial charge in [0.25, 0.3) is 0 Å². The molecule has 3 aliphatic rings. The second kappa shape index (κ2) is 16.0. The lowest BCUT2D eigenvalue weighted by molar-refractivity contribution is -0.274. The number of likely N-dealkylation sites (tertiary alicyclic amines) is 1. The van der Waals surface area contributed by atoms with E-state index in [4.69, 9.17) is 19.9 Å². The molecule has 1 aromatic carbocycles. The van der Waals surface area contributed by atoms with E-state index in [2.05, 4.69) is 14.7 Å². The summed E-state index contributed by atoms with van der Waals surface area (Å²) in [6, 6.07) is 0.974. The van der Waals surface area contributed by atoms with Gasteiger partial charge in [-0.05, 0) is 74.1 Å². The van der Waals surface area contributed by atoms with E-state index in [1.165, 1.54) is 24.5 Å². The molecule has 0 bridgehead atoms. The fourth-order valence-corrected chi connectivity index (χ4v) is 8.66. The molecule has 52 heavy (non-hydrogen) atoms. The van der Waals surface area contributed by atoms with Gasteiger partial charge in [0, 0.05) is 37.6 Å². The molecule has 2 aliphatic heterocycles. The number of hydrogen-bond donors (Lipinski definition) is 2. The maximum Gasteiger partial charge on any atom is 0.573 e. The predicted octanol–water partition coefficient (Wildman–Crippen LogP) is 4.30. The zero-order valence-corrected chi connectivity index (χ0v) is 29.5. The second-order valence-electron chi connectivity index (χ2n) is 12.6. The van der Waals surface area contributed by atoms with Gasteiger partial charge in [-0.2, -0.15) is 0 Å². The van der Waals surface area contributed by atoms with Crippen LogP contribution in [0.5, 0.6) is 5.75 Å². The van der Waals surface area contributed by atoms with Gasteiger partial charge in [-0.1, -0.05) is 17.8 Å². The molecule has 1 aliphatic carbocycles. The first-order valence-electron chi connectivity index (χ1n) is 16.8. The molecule has 3 aromatic rings. The van der Waals surface area contributed by atoms with E-state index in [1.807, 2.05) is 4.90 Å². The van der Waals surface area contributed by atoms with Crippen LogP contribution >= 0.6 is 11.3 Å². The van der Waals surface area contributed by atoms with Crippen LogP contribution in [-0.2, 0) is 41.1 Å². The van der Waals surface area contributed by atoms with Crippen LogP contribution in [0.1, 0.15) is 56.9 Å². The number of benzene rings is 1. The Balaban J connectivity index is 1.27. The van der Waals surface area contributed by atoms with Crippen LogP contribution in [0.4, 0.5) is 33.9 Å². The van der Waals surface area contributed by atoms with Gasteiger partial charge in [-0.25, -0.2) is 32.3 Å². The summed E-state index contributed by atoms with van der Waals surface area (Å²) < 4.78 is 86.8. The summed E-state index contributed by atoms with van der Waals surface area (Å²) in [6.07, 6.45) is 1.61. The smallest absolute Gasteiger partial charge is 0.431 e. The van der Waals surface area contributed by atoms with Crippen molar-refractivity contribution in [2.75, 3.05) is 41.4 Å². The van der Waals surface area contributed by atoms with Gasteiger partial charge in [0.1, 0.15) is 34.8 Å². The van der Waals surface area contributed by atoms with Crippen LogP contribution in [0, 0.1) is 0 Å². The molecule has 2 atom stereocenters. The number of thiol groups is 1. The lowest BCUT2D eigenvalue weighted by atomic mass is 9.98. The number of halogens is 3. The highest BCUT2D eigenvalue weighted by Crippen LogP contribution is 2.37. The predicted molar refractivity (Wildman–Crippen MR) is 182 cm³/mol. The molecule has 3 fully saturated rings. The number of hydrogen-bond acceptors (Lipinski definition) is 14. The van der Waals surface area contributed by atoms with E-state index >= 15 is 0 Å². The molecule has 282 valence electrons. The number of thiazole rings is 1. The van der Waals surface area contributed by atoms with Gasteiger partial charge < -0.3 is 34.5 Å². The van der Waals surface area contributed by atoms with E-state index in [0.29, 0.717) is 23.4 Å². The van der Waals surface area contributed by atoms with E-state index in [1.54, 1.807) is 0 Å². The number of carbonyl (C=O) groups excluding carboxylic acids is 3. The van der Waals surface area contributed by atoms with Gasteiger partial charge in [-0.15, -0.1) is 13.2 Å². The molecule has 2 N–H and O–H groups in total. The number of aromatic nitrogens is 2. The molecule has 2 saturated heterocycles. The lowest BCUT2D eigenvalue weighted by Gasteiger charge is -2.28. The van der Waals surface area contributed by atoms with Gasteiger partial charge in [-0.3, -0.25) is 4.79 Å². The maximum atomic E-state index is 14.0. The number of nitrogens with zero attached hydrogens (tertiary/aromatic N) is 5. The number of alkyl halides is 3. The van der Waals surface area contributed by atoms with E-state index in [0.717, 1.165) is 71.8 Å². The number of pyridine rings is 1. The van der Waals surface area contributed by atoms with Gasteiger partial charge in [0.2, 0.25) is 23.6 Å². The fourth-order valence-electron chi connectivity index (χ4n) is 6.75. The first-order chi connectivity index (χ1) is 24.9. The van der Waals surface area contributed by atoms with Crippen molar-refractivity contribution in [2.45, 2.75) is 82.3 Å². The number of ether oxygens (including phenoxy) is 4. The molecule has 0 spiro atoms. The number of fused-ring (bicyclic) bond motifs is 1. The molecular weight excluding hydrogens is 734 g/mol. The third-order valence-corrected chi connectivity index (χ3v) is 11.3. The summed E-state index contributed by atoms with van der Waals surface area (Å²) in [5, 5.41) is 1.32. The normalized spacial score (nSPS) is 18.9. The summed E-state index contributed by atoms with van der Waals surface area (Å²) in [5.41, 5.74) is 5.77. The van der Waals surface area contributed by atoms with Crippen molar-refractivity contribution in [3.63, 3.8) is 0 Å². The molecule has 2 aromatic heterocycles. The summed E-state index contributed by atoms with van der Waals surface area (Å²) in [6.45, 7) is 0.453. The standard InChI is InChI=1S/C32H37F3N6O9S2/c33-32(34,35)50-25-16-22-19(8-10-37-27(22)36)14-20(25)15-24(29(43)47-18-48-31(44)49-21-6-2-1-3-7-21)40-13-9-23(28(40)42)41(52(45)46)26-17-38-30(51-26)39-11-4-5-12-39/h8,10,14,16-17,21,23-24,52H,1-7,9,11-13,15,18H2,(H2,36,37)/t23-,24+/m0/s1. The Labute approximate surface area is 301 Å². The van der Waals surface area contributed by atoms with Gasteiger partial charge >= 0.3 is 18.5 Å². The molecule has 0 unspecified atom stereocenters. The Hall–Kier alpha value is -4.59. The molecule has 1 amide bonds. The number of carbonyl (C=O) groups is 3. The number of nitrogens with two attached hydrogens (primary N) is 1. The fraction of sp³-hybridized carbons (Fsp3) is 0.531. The average molecular weight is 771 g/mol. The monoisotopic (exact) mass is 770 g/mol. The van der Waals surface area contributed by atoms with Crippen LogP contribution in [0.2, 0.25) is 0 Å². The van der Waals surface area contributed by atoms with Gasteiger partial charge in [0.15, 0.2) is 5.13 Å². The Bertz CT molecular complexity index is 1860. The van der Waals surface area contributed by atoms with Crippen LogP contribution in [0.3, 0.4) is 0 Å². The maximum absolute atomic E-state index is 14.0. The Morgan fingerprint density at radius 2 is 1.79 bits per heavy atom. The van der Waals surface area contributed by atoms with Crippen molar-refractivity contribution in [1.82, 2.24) is 14.9 Å². The van der Waals surface area contributed by atoms with Crippen LogP contribution in [-0.4, -0.2) is 92.3 Å². The van der Waals surface area contributed by atoms with Crippen molar-refractivity contribution in [3.05, 3.63) is 36.2 Å². The van der Waals surface area contributed by atoms with Crippen molar-refractivity contribution >= 4 is 67.0 Å². The van der Waals surface area contributed by atoms with Crippen molar-refractivity contribution in [3.8, 4) is 5.75 Å². The minimum atomic E-state index is -5.14. The van der Waals surface area contributed by atoms with Crippen molar-refractivity contribution < 1.29 is 54.9 Å². The third-order valence-electron chi connectivity index (χ3n) is 9.22. The first-order valence-corrected chi connectivity index (χ1v) is 18.7. The zero-order valence-electron chi connectivity index (χ0n) is 27.8. The SMILES string of the molecule is Nc1nccc2cc(C[C@H](C(=O)OCOC(=O)OC3CCCCC3)N3CC[C@H](N(c4cnc(N5CCCC5)s4)[SH](=O)=O)C3=O)c(OC(F)(F)F)cc12. The molecule has 15 nitrogen and oxygen atoms in total. The molecular formula is C32H37F3N6O9S2. The van der Waals surface area contributed by atoms with E-state index in [9.17, 15) is 36.0 Å². The average Bonchev–Trinajstić information content (AvgIpc) is 3.87.